The third kappa shape index (κ3) is 8.97. The molecule has 2 aromatic rings. The van der Waals surface area contributed by atoms with E-state index in [1.807, 2.05) is 12.1 Å². The normalized spacial score (nSPS) is 14.9. The van der Waals surface area contributed by atoms with Gasteiger partial charge in [-0.1, -0.05) is 11.6 Å². The summed E-state index contributed by atoms with van der Waals surface area (Å²) in [6, 6.07) is 8.63. The molecule has 1 aliphatic heterocycles. The van der Waals surface area contributed by atoms with Crippen LogP contribution in [0.1, 0.15) is 41.6 Å². The van der Waals surface area contributed by atoms with E-state index in [1.165, 1.54) is 14.1 Å². The van der Waals surface area contributed by atoms with Gasteiger partial charge in [-0.15, -0.1) is 0 Å². The number of nitrogens with one attached hydrogen (secondary N) is 1. The molecule has 12 heteroatoms. The van der Waals surface area contributed by atoms with E-state index in [0.717, 1.165) is 42.2 Å². The average molecular weight is 583 g/mol. The summed E-state index contributed by atoms with van der Waals surface area (Å²) in [5, 5.41) is 0.312. The smallest absolute Gasteiger partial charge is 0.278 e. The number of methoxy groups -OCH3 is 2. The Labute approximate surface area is 236 Å². The third-order valence-corrected chi connectivity index (χ3v) is 8.74. The van der Waals surface area contributed by atoms with Gasteiger partial charge in [0.2, 0.25) is 0 Å². The maximum absolute atomic E-state index is 13.2. The fraction of sp³-hybridized carbons (Fsp3) is 0.519. The highest BCUT2D eigenvalue weighted by Crippen LogP contribution is 2.32. The van der Waals surface area contributed by atoms with E-state index in [-0.39, 0.29) is 12.4 Å². The molecule has 10 nitrogen and oxygen atoms in total. The Kier molecular flexibility index (Phi) is 11.3. The van der Waals surface area contributed by atoms with Crippen LogP contribution in [0.5, 0.6) is 17.2 Å². The second kappa shape index (κ2) is 14.2. The zero-order valence-corrected chi connectivity index (χ0v) is 24.6. The first-order chi connectivity index (χ1) is 18.5. The first kappa shape index (κ1) is 31.0. The highest BCUT2D eigenvalue weighted by Gasteiger charge is 2.22. The number of rotatable bonds is 14. The number of nitrogens with zero attached hydrogens (tertiary/aromatic N) is 2. The van der Waals surface area contributed by atoms with E-state index in [0.29, 0.717) is 59.0 Å². The fourth-order valence-electron chi connectivity index (χ4n) is 4.45. The van der Waals surface area contributed by atoms with Crippen molar-refractivity contribution in [1.29, 1.82) is 0 Å². The molecule has 0 unspecified atom stereocenters. The van der Waals surface area contributed by atoms with Crippen LogP contribution in [0.3, 0.4) is 0 Å². The number of benzene rings is 2. The van der Waals surface area contributed by atoms with Crippen LogP contribution in [0.25, 0.3) is 0 Å². The van der Waals surface area contributed by atoms with Crippen molar-refractivity contribution in [2.45, 2.75) is 32.3 Å². The van der Waals surface area contributed by atoms with E-state index in [4.69, 9.17) is 31.5 Å². The number of Topliss-reactive ketones (excluding diaryl/α,β-unsaturated/α-hetero) is 1. The van der Waals surface area contributed by atoms with Gasteiger partial charge in [0.25, 0.3) is 10.2 Å². The van der Waals surface area contributed by atoms with Gasteiger partial charge < -0.3 is 24.8 Å². The molecule has 39 heavy (non-hydrogen) atoms. The molecule has 0 aliphatic carbocycles. The summed E-state index contributed by atoms with van der Waals surface area (Å²) in [7, 11) is 2.75. The van der Waals surface area contributed by atoms with E-state index < -0.39 is 10.2 Å². The van der Waals surface area contributed by atoms with Crippen molar-refractivity contribution in [3.8, 4) is 17.2 Å². The summed E-state index contributed by atoms with van der Waals surface area (Å²) < 4.78 is 44.1. The van der Waals surface area contributed by atoms with Gasteiger partial charge in [-0.05, 0) is 62.0 Å². The number of carbonyl (C=O) groups is 1. The predicted octanol–water partition coefficient (Wildman–Crippen LogP) is 3.59. The molecule has 1 heterocycles. The molecule has 3 rings (SSSR count). The SMILES string of the molecule is COc1cc(COc2cc(N)c(Cl)cc2C(=O)CCC2CCN(CCNS(=O)(=O)N(C)C)CC2)cc(OC)c1. The highest BCUT2D eigenvalue weighted by atomic mass is 35.5. The second-order valence-corrected chi connectivity index (χ2v) is 12.2. The summed E-state index contributed by atoms with van der Waals surface area (Å²) in [5.74, 6) is 2.04. The van der Waals surface area contributed by atoms with Gasteiger partial charge in [0, 0.05) is 45.7 Å². The number of nitrogens with two attached hydrogens (primary N) is 1. The molecule has 2 aromatic carbocycles. The molecule has 0 amide bonds. The van der Waals surface area contributed by atoms with Gasteiger partial charge in [0.15, 0.2) is 5.78 Å². The Hall–Kier alpha value is -2.57. The van der Waals surface area contributed by atoms with Gasteiger partial charge in [0.05, 0.1) is 30.5 Å². The van der Waals surface area contributed by atoms with Crippen molar-refractivity contribution in [2.75, 3.05) is 60.2 Å². The largest absolute Gasteiger partial charge is 0.497 e. The summed E-state index contributed by atoms with van der Waals surface area (Å²) >= 11 is 6.26. The van der Waals surface area contributed by atoms with E-state index in [2.05, 4.69) is 9.62 Å². The van der Waals surface area contributed by atoms with E-state index in [1.54, 1.807) is 32.4 Å². The molecular weight excluding hydrogens is 544 g/mol. The zero-order chi connectivity index (χ0) is 28.6. The predicted molar refractivity (Wildman–Crippen MR) is 153 cm³/mol. The lowest BCUT2D eigenvalue weighted by Gasteiger charge is -2.32. The van der Waals surface area contributed by atoms with Crippen LogP contribution < -0.4 is 24.7 Å². The number of piperidine rings is 1. The van der Waals surface area contributed by atoms with Crippen molar-refractivity contribution in [3.05, 3.63) is 46.5 Å². The Morgan fingerprint density at radius 2 is 1.74 bits per heavy atom. The van der Waals surface area contributed by atoms with Crippen LogP contribution in [-0.2, 0) is 16.8 Å². The summed E-state index contributed by atoms with van der Waals surface area (Å²) in [4.78, 5) is 15.5. The lowest BCUT2D eigenvalue weighted by Crippen LogP contribution is -2.42. The molecule has 216 valence electrons. The van der Waals surface area contributed by atoms with Crippen LogP contribution >= 0.6 is 11.6 Å². The van der Waals surface area contributed by atoms with Crippen molar-refractivity contribution in [2.24, 2.45) is 5.92 Å². The summed E-state index contributed by atoms with van der Waals surface area (Å²) in [5.41, 5.74) is 7.59. The lowest BCUT2D eigenvalue weighted by molar-refractivity contribution is 0.0958. The quantitative estimate of drug-likeness (QED) is 0.256. The van der Waals surface area contributed by atoms with Crippen LogP contribution in [0.2, 0.25) is 5.02 Å². The van der Waals surface area contributed by atoms with Gasteiger partial charge in [0.1, 0.15) is 23.9 Å². The van der Waals surface area contributed by atoms with Gasteiger partial charge in [-0.2, -0.15) is 12.7 Å². The first-order valence-electron chi connectivity index (χ1n) is 12.9. The maximum Gasteiger partial charge on any atom is 0.278 e. The summed E-state index contributed by atoms with van der Waals surface area (Å²) in [6.07, 6.45) is 3.04. The molecule has 1 saturated heterocycles. The van der Waals surface area contributed by atoms with Gasteiger partial charge >= 0.3 is 0 Å². The minimum atomic E-state index is -3.41. The Bertz CT molecular complexity index is 1210. The lowest BCUT2D eigenvalue weighted by atomic mass is 9.90. The molecule has 0 spiro atoms. The van der Waals surface area contributed by atoms with Crippen molar-refractivity contribution < 1.29 is 27.4 Å². The number of carbonyl (C=O) groups excluding carboxylic acids is 1. The zero-order valence-electron chi connectivity index (χ0n) is 23.0. The molecular formula is C27H39ClN4O6S. The average Bonchev–Trinajstić information content (AvgIpc) is 2.92. The topological polar surface area (TPSA) is 123 Å². The van der Waals surface area contributed by atoms with Crippen molar-refractivity contribution in [3.63, 3.8) is 0 Å². The van der Waals surface area contributed by atoms with Gasteiger partial charge in [-0.25, -0.2) is 4.72 Å². The molecule has 0 aromatic heterocycles. The molecule has 1 fully saturated rings. The molecule has 0 radical (unpaired) electrons. The summed E-state index contributed by atoms with van der Waals surface area (Å²) in [6.45, 7) is 2.96. The molecule has 3 N–H and O–H groups in total. The Balaban J connectivity index is 1.54. The fourth-order valence-corrected chi connectivity index (χ4v) is 5.22. The van der Waals surface area contributed by atoms with Gasteiger partial charge in [-0.3, -0.25) is 4.79 Å². The number of anilines is 1. The maximum atomic E-state index is 13.2. The van der Waals surface area contributed by atoms with E-state index >= 15 is 0 Å². The second-order valence-electron chi connectivity index (χ2n) is 9.81. The number of nitrogen functional groups attached to an aromatic ring is 1. The molecule has 0 bridgehead atoms. The Morgan fingerprint density at radius 1 is 1.10 bits per heavy atom. The number of ether oxygens (including phenoxy) is 3. The van der Waals surface area contributed by atoms with Crippen molar-refractivity contribution >= 4 is 33.3 Å². The molecule has 1 aliphatic rings. The molecule has 0 atom stereocenters. The van der Waals surface area contributed by atoms with Crippen LogP contribution in [0.4, 0.5) is 5.69 Å². The number of ketones is 1. The van der Waals surface area contributed by atoms with Crippen LogP contribution in [-0.4, -0.2) is 77.9 Å². The minimum absolute atomic E-state index is 0.0457. The monoisotopic (exact) mass is 582 g/mol. The number of hydrogen-bond donors (Lipinski definition) is 2. The number of likely N-dealkylation sites (tertiary alicyclic amines) is 1. The van der Waals surface area contributed by atoms with Crippen molar-refractivity contribution in [1.82, 2.24) is 13.9 Å². The van der Waals surface area contributed by atoms with Crippen LogP contribution in [0.15, 0.2) is 30.3 Å². The first-order valence-corrected chi connectivity index (χ1v) is 14.7. The Morgan fingerprint density at radius 3 is 2.33 bits per heavy atom. The number of hydrogen-bond acceptors (Lipinski definition) is 8. The van der Waals surface area contributed by atoms with Crippen LogP contribution in [0, 0.1) is 5.92 Å². The number of halogens is 1. The minimum Gasteiger partial charge on any atom is -0.497 e. The molecule has 0 saturated carbocycles. The third-order valence-electron chi connectivity index (χ3n) is 6.88. The highest BCUT2D eigenvalue weighted by molar-refractivity contribution is 7.87. The van der Waals surface area contributed by atoms with E-state index in [9.17, 15) is 13.2 Å². The standard InChI is InChI=1S/C27H39ClN4O6S/c1-31(2)39(34,35)30-9-12-32-10-7-19(8-11-32)5-6-26(33)23-16-24(28)25(29)17-27(23)38-18-20-13-21(36-3)15-22(14-20)37-4/h13-17,19,30H,5-12,18,29H2,1-4H3.